The average molecular weight is 302 g/mol. The largest absolute Gasteiger partial charge is 0.463 e. The maximum atomic E-state index is 11.2. The van der Waals surface area contributed by atoms with Crippen molar-refractivity contribution in [3.63, 3.8) is 0 Å². The minimum atomic E-state index is -1.89. The van der Waals surface area contributed by atoms with Crippen LogP contribution in [-0.4, -0.2) is 37.2 Å². The van der Waals surface area contributed by atoms with E-state index in [-0.39, 0.29) is 6.04 Å². The molecular weight excluding hydrogens is 272 g/mol. The van der Waals surface area contributed by atoms with Crippen molar-refractivity contribution < 1.29 is 14.4 Å². The van der Waals surface area contributed by atoms with Crippen LogP contribution in [0.15, 0.2) is 0 Å². The molecule has 1 aliphatic rings. The van der Waals surface area contributed by atoms with Crippen molar-refractivity contribution in [2.75, 3.05) is 6.54 Å². The number of carboxylic acid groups (broad SMARTS) is 1. The smallest absolute Gasteiger partial charge is 0.430 e. The minimum Gasteiger partial charge on any atom is -0.463 e. The summed E-state index contributed by atoms with van der Waals surface area (Å²) in [6, 6.07) is 0.0742. The predicted molar refractivity (Wildman–Crippen MR) is 82.9 cm³/mol. The molecule has 1 amide bonds. The Morgan fingerprint density at radius 3 is 2.45 bits per heavy atom. The van der Waals surface area contributed by atoms with Crippen molar-refractivity contribution in [2.24, 2.45) is 11.7 Å². The van der Waals surface area contributed by atoms with Gasteiger partial charge < -0.3 is 15.4 Å². The van der Waals surface area contributed by atoms with E-state index in [0.717, 1.165) is 17.4 Å². The maximum Gasteiger partial charge on any atom is 0.430 e. The van der Waals surface area contributed by atoms with E-state index >= 15 is 0 Å². The van der Waals surface area contributed by atoms with Gasteiger partial charge in [0.2, 0.25) is 8.32 Å². The number of amides is 1. The SMILES string of the molecule is C[Si](C)(C)ON(CC[C@@H](N)CC1CCCCC1)C(=O)O. The monoisotopic (exact) mass is 302 g/mol. The van der Waals surface area contributed by atoms with Crippen LogP contribution in [0.3, 0.4) is 0 Å². The molecule has 3 N–H and O–H groups in total. The van der Waals surface area contributed by atoms with Gasteiger partial charge >= 0.3 is 6.09 Å². The molecule has 0 aliphatic heterocycles. The summed E-state index contributed by atoms with van der Waals surface area (Å²) in [6.07, 6.45) is 7.21. The normalized spacial score (nSPS) is 18.8. The Balaban J connectivity index is 2.32. The van der Waals surface area contributed by atoms with Gasteiger partial charge in [-0.1, -0.05) is 32.1 Å². The summed E-state index contributed by atoms with van der Waals surface area (Å²) in [4.78, 5) is 11.2. The van der Waals surface area contributed by atoms with Gasteiger partial charge in [0.1, 0.15) is 0 Å². The van der Waals surface area contributed by atoms with Crippen molar-refractivity contribution in [3.05, 3.63) is 0 Å². The Morgan fingerprint density at radius 2 is 1.95 bits per heavy atom. The van der Waals surface area contributed by atoms with Crippen LogP contribution in [-0.2, 0) is 4.53 Å². The number of nitrogens with zero attached hydrogens (tertiary/aromatic N) is 1. The van der Waals surface area contributed by atoms with E-state index in [9.17, 15) is 4.79 Å². The molecular formula is C14H30N2O3Si. The van der Waals surface area contributed by atoms with E-state index in [4.69, 9.17) is 15.4 Å². The molecule has 1 saturated carbocycles. The highest BCUT2D eigenvalue weighted by Gasteiger charge is 2.24. The number of hydrogen-bond acceptors (Lipinski definition) is 3. The lowest BCUT2D eigenvalue weighted by atomic mass is 9.84. The van der Waals surface area contributed by atoms with E-state index in [1.54, 1.807) is 0 Å². The molecule has 118 valence electrons. The zero-order valence-corrected chi connectivity index (χ0v) is 14.1. The first-order valence-electron chi connectivity index (χ1n) is 7.73. The van der Waals surface area contributed by atoms with Crippen molar-refractivity contribution in [1.29, 1.82) is 0 Å². The van der Waals surface area contributed by atoms with Gasteiger partial charge in [0.15, 0.2) is 0 Å². The fraction of sp³-hybridized carbons (Fsp3) is 0.929. The van der Waals surface area contributed by atoms with Gasteiger partial charge in [-0.2, -0.15) is 5.06 Å². The van der Waals surface area contributed by atoms with Crippen LogP contribution >= 0.6 is 0 Å². The van der Waals surface area contributed by atoms with Crippen LogP contribution in [0, 0.1) is 5.92 Å². The Bertz CT molecular complexity index is 301. The van der Waals surface area contributed by atoms with Gasteiger partial charge in [-0.25, -0.2) is 4.79 Å². The summed E-state index contributed by atoms with van der Waals surface area (Å²) in [5.41, 5.74) is 6.15. The average Bonchev–Trinajstić information content (AvgIpc) is 2.34. The summed E-state index contributed by atoms with van der Waals surface area (Å²) < 4.78 is 5.56. The molecule has 20 heavy (non-hydrogen) atoms. The second-order valence-electron chi connectivity index (χ2n) is 6.88. The van der Waals surface area contributed by atoms with E-state index in [1.165, 1.54) is 32.1 Å². The van der Waals surface area contributed by atoms with Gasteiger partial charge in [-0.3, -0.25) is 0 Å². The lowest BCUT2D eigenvalue weighted by molar-refractivity contribution is -0.0459. The van der Waals surface area contributed by atoms with Crippen LogP contribution in [0.4, 0.5) is 4.79 Å². The molecule has 0 saturated heterocycles. The molecule has 0 radical (unpaired) electrons. The van der Waals surface area contributed by atoms with Gasteiger partial charge in [0.05, 0.1) is 6.54 Å². The summed E-state index contributed by atoms with van der Waals surface area (Å²) in [5.74, 6) is 0.731. The van der Waals surface area contributed by atoms with Gasteiger partial charge in [0.25, 0.3) is 0 Å². The van der Waals surface area contributed by atoms with Gasteiger partial charge in [0, 0.05) is 6.04 Å². The molecule has 0 spiro atoms. The molecule has 1 atom stereocenters. The van der Waals surface area contributed by atoms with E-state index in [0.29, 0.717) is 13.0 Å². The standard InChI is InChI=1S/C14H30N2O3Si/c1-20(2,3)19-16(14(17)18)10-9-13(15)11-12-7-5-4-6-8-12/h12-13H,4-11,15H2,1-3H3,(H,17,18)/t13-/m1/s1. The Labute approximate surface area is 123 Å². The number of rotatable bonds is 7. The molecule has 1 rings (SSSR count). The number of carbonyl (C=O) groups is 1. The Kier molecular flexibility index (Phi) is 6.98. The lowest BCUT2D eigenvalue weighted by Gasteiger charge is -2.29. The second-order valence-corrected chi connectivity index (χ2v) is 11.3. The molecule has 0 aromatic heterocycles. The highest BCUT2D eigenvalue weighted by atomic mass is 28.4. The molecule has 1 aliphatic carbocycles. The van der Waals surface area contributed by atoms with Crippen LogP contribution < -0.4 is 5.73 Å². The van der Waals surface area contributed by atoms with E-state index in [2.05, 4.69) is 0 Å². The lowest BCUT2D eigenvalue weighted by Crippen LogP contribution is -2.42. The first-order chi connectivity index (χ1) is 9.28. The van der Waals surface area contributed by atoms with E-state index < -0.39 is 14.4 Å². The third kappa shape index (κ3) is 7.26. The predicted octanol–water partition coefficient (Wildman–Crippen LogP) is 3.42. The van der Waals surface area contributed by atoms with Crippen molar-refractivity contribution in [2.45, 2.75) is 70.6 Å². The zero-order valence-electron chi connectivity index (χ0n) is 13.1. The number of hydrogen-bond donors (Lipinski definition) is 2. The molecule has 0 aromatic rings. The van der Waals surface area contributed by atoms with Gasteiger partial charge in [-0.15, -0.1) is 0 Å². The van der Waals surface area contributed by atoms with Crippen LogP contribution in [0.1, 0.15) is 44.9 Å². The Hall–Kier alpha value is -0.593. The minimum absolute atomic E-state index is 0.0742. The van der Waals surface area contributed by atoms with Crippen molar-refractivity contribution in [3.8, 4) is 0 Å². The topological polar surface area (TPSA) is 75.8 Å². The maximum absolute atomic E-state index is 11.2. The molecule has 0 bridgehead atoms. The van der Waals surface area contributed by atoms with Gasteiger partial charge in [-0.05, 0) is 38.4 Å². The molecule has 0 unspecified atom stereocenters. The third-order valence-electron chi connectivity index (χ3n) is 3.66. The van der Waals surface area contributed by atoms with Crippen molar-refractivity contribution >= 4 is 14.4 Å². The number of nitrogens with two attached hydrogens (primary N) is 1. The fourth-order valence-corrected chi connectivity index (χ4v) is 3.59. The summed E-state index contributed by atoms with van der Waals surface area (Å²) in [7, 11) is -1.89. The molecule has 1 fully saturated rings. The fourth-order valence-electron chi connectivity index (χ4n) is 2.76. The highest BCUT2D eigenvalue weighted by molar-refractivity contribution is 6.69. The molecule has 5 nitrogen and oxygen atoms in total. The summed E-state index contributed by atoms with van der Waals surface area (Å²) >= 11 is 0. The summed E-state index contributed by atoms with van der Waals surface area (Å²) in [5, 5.41) is 10.2. The van der Waals surface area contributed by atoms with E-state index in [1.807, 2.05) is 19.6 Å². The van der Waals surface area contributed by atoms with Crippen LogP contribution in [0.2, 0.25) is 19.6 Å². The van der Waals surface area contributed by atoms with Crippen LogP contribution in [0.25, 0.3) is 0 Å². The molecule has 6 heteroatoms. The molecule has 0 aromatic carbocycles. The number of hydroxylamine groups is 2. The molecule has 0 heterocycles. The quantitative estimate of drug-likeness (QED) is 0.558. The van der Waals surface area contributed by atoms with Crippen molar-refractivity contribution in [1.82, 2.24) is 5.06 Å². The highest BCUT2D eigenvalue weighted by Crippen LogP contribution is 2.27. The summed E-state index contributed by atoms with van der Waals surface area (Å²) in [6.45, 7) is 6.30. The Morgan fingerprint density at radius 1 is 1.35 bits per heavy atom. The second kappa shape index (κ2) is 8.00. The first-order valence-corrected chi connectivity index (χ1v) is 11.1. The first kappa shape index (κ1) is 17.5. The van der Waals surface area contributed by atoms with Crippen LogP contribution in [0.5, 0.6) is 0 Å². The zero-order chi connectivity index (χ0) is 15.2. The third-order valence-corrected chi connectivity index (χ3v) is 4.43.